The zero-order valence-electron chi connectivity index (χ0n) is 15.1. The maximum absolute atomic E-state index is 12.6. The molecule has 1 aromatic rings. The number of sulfonamides is 1. The van der Waals surface area contributed by atoms with Gasteiger partial charge in [-0.25, -0.2) is 8.42 Å². The Hall–Kier alpha value is -1.82. The number of carbonyl (C=O) groups excluding carboxylic acids is 1. The van der Waals surface area contributed by atoms with Gasteiger partial charge < -0.3 is 5.32 Å². The summed E-state index contributed by atoms with van der Waals surface area (Å²) < 4.78 is 25.8. The van der Waals surface area contributed by atoms with Gasteiger partial charge in [-0.05, 0) is 50.7 Å². The molecule has 0 saturated heterocycles. The summed E-state index contributed by atoms with van der Waals surface area (Å²) in [7, 11) is -3.56. The van der Waals surface area contributed by atoms with Crippen molar-refractivity contribution in [2.24, 2.45) is 0 Å². The molecule has 1 atom stereocenters. The standard InChI is InChI=1S/C19H28N2O3S/c1-3-18(19(22)20-15-14-16-10-6-4-7-11-16)21(25(2,23)24)17-12-8-5-9-13-17/h5,8-10,12-13,18H,3-4,6-7,11,14-15H2,1-2H3,(H,20,22)/t18-/m1/s1. The fourth-order valence-corrected chi connectivity index (χ4v) is 4.44. The van der Waals surface area contributed by atoms with Gasteiger partial charge in [0.15, 0.2) is 0 Å². The van der Waals surface area contributed by atoms with Crippen molar-refractivity contribution < 1.29 is 13.2 Å². The van der Waals surface area contributed by atoms with Crippen molar-refractivity contribution in [1.82, 2.24) is 5.32 Å². The summed E-state index contributed by atoms with van der Waals surface area (Å²) in [6.45, 7) is 2.38. The molecule has 0 radical (unpaired) electrons. The molecule has 5 nitrogen and oxygen atoms in total. The minimum Gasteiger partial charge on any atom is -0.354 e. The van der Waals surface area contributed by atoms with Crippen molar-refractivity contribution in [3.63, 3.8) is 0 Å². The smallest absolute Gasteiger partial charge is 0.243 e. The van der Waals surface area contributed by atoms with Crippen LogP contribution in [0.15, 0.2) is 42.0 Å². The monoisotopic (exact) mass is 364 g/mol. The van der Waals surface area contributed by atoms with Crippen LogP contribution >= 0.6 is 0 Å². The number of carbonyl (C=O) groups is 1. The summed E-state index contributed by atoms with van der Waals surface area (Å²) in [6.07, 6.45) is 9.34. The Bertz CT molecular complexity index is 699. The van der Waals surface area contributed by atoms with E-state index < -0.39 is 16.1 Å². The van der Waals surface area contributed by atoms with Gasteiger partial charge in [-0.1, -0.05) is 36.8 Å². The third-order valence-electron chi connectivity index (χ3n) is 4.47. The van der Waals surface area contributed by atoms with Gasteiger partial charge in [-0.3, -0.25) is 9.10 Å². The molecule has 25 heavy (non-hydrogen) atoms. The van der Waals surface area contributed by atoms with Crippen LogP contribution in [0.25, 0.3) is 0 Å². The number of nitrogens with zero attached hydrogens (tertiary/aromatic N) is 1. The van der Waals surface area contributed by atoms with Crippen LogP contribution in [0.2, 0.25) is 0 Å². The first-order valence-electron chi connectivity index (χ1n) is 8.93. The van der Waals surface area contributed by atoms with Gasteiger partial charge in [0.25, 0.3) is 0 Å². The first-order valence-corrected chi connectivity index (χ1v) is 10.8. The molecule has 0 unspecified atom stereocenters. The fourth-order valence-electron chi connectivity index (χ4n) is 3.23. The lowest BCUT2D eigenvalue weighted by Gasteiger charge is -2.30. The predicted molar refractivity (Wildman–Crippen MR) is 102 cm³/mol. The van der Waals surface area contributed by atoms with E-state index in [9.17, 15) is 13.2 Å². The van der Waals surface area contributed by atoms with Crippen LogP contribution in [-0.2, 0) is 14.8 Å². The minimum absolute atomic E-state index is 0.242. The number of amides is 1. The quantitative estimate of drug-likeness (QED) is 0.720. The first kappa shape index (κ1) is 19.5. The molecule has 1 amide bonds. The number of nitrogens with one attached hydrogen (secondary N) is 1. The Morgan fingerprint density at radius 3 is 2.52 bits per heavy atom. The summed E-state index contributed by atoms with van der Waals surface area (Å²) in [5.41, 5.74) is 1.91. The lowest BCUT2D eigenvalue weighted by atomic mass is 9.97. The molecule has 1 aromatic carbocycles. The molecule has 1 aliphatic carbocycles. The third kappa shape index (κ3) is 5.59. The summed E-state index contributed by atoms with van der Waals surface area (Å²) >= 11 is 0. The second-order valence-electron chi connectivity index (χ2n) is 6.47. The van der Waals surface area contributed by atoms with Crippen LogP contribution in [0.5, 0.6) is 0 Å². The van der Waals surface area contributed by atoms with Gasteiger partial charge in [0.1, 0.15) is 6.04 Å². The highest BCUT2D eigenvalue weighted by atomic mass is 32.2. The van der Waals surface area contributed by atoms with Crippen molar-refractivity contribution in [2.45, 2.75) is 51.5 Å². The molecule has 0 fully saturated rings. The van der Waals surface area contributed by atoms with E-state index in [1.807, 2.05) is 13.0 Å². The number of rotatable bonds is 8. The van der Waals surface area contributed by atoms with E-state index in [2.05, 4.69) is 11.4 Å². The van der Waals surface area contributed by atoms with Gasteiger partial charge in [-0.15, -0.1) is 0 Å². The van der Waals surface area contributed by atoms with Crippen LogP contribution in [0.4, 0.5) is 5.69 Å². The Balaban J connectivity index is 2.06. The molecule has 0 aromatic heterocycles. The normalized spacial score (nSPS) is 16.0. The fraction of sp³-hybridized carbons (Fsp3) is 0.526. The van der Waals surface area contributed by atoms with Crippen molar-refractivity contribution in [3.8, 4) is 0 Å². The van der Waals surface area contributed by atoms with Crippen LogP contribution in [0, 0.1) is 0 Å². The van der Waals surface area contributed by atoms with E-state index in [4.69, 9.17) is 0 Å². The van der Waals surface area contributed by atoms with Crippen molar-refractivity contribution in [1.29, 1.82) is 0 Å². The van der Waals surface area contributed by atoms with Crippen LogP contribution < -0.4 is 9.62 Å². The average molecular weight is 365 g/mol. The highest BCUT2D eigenvalue weighted by Gasteiger charge is 2.31. The predicted octanol–water partition coefficient (Wildman–Crippen LogP) is 3.24. The summed E-state index contributed by atoms with van der Waals surface area (Å²) in [5, 5.41) is 2.92. The SMILES string of the molecule is CC[C@H](C(=O)NCCC1=CCCCC1)N(c1ccccc1)S(C)(=O)=O. The molecule has 2 rings (SSSR count). The van der Waals surface area contributed by atoms with Gasteiger partial charge in [0, 0.05) is 6.54 Å². The van der Waals surface area contributed by atoms with Gasteiger partial charge >= 0.3 is 0 Å². The Morgan fingerprint density at radius 2 is 1.96 bits per heavy atom. The zero-order chi connectivity index (χ0) is 18.3. The summed E-state index contributed by atoms with van der Waals surface area (Å²) in [5.74, 6) is -0.242. The zero-order valence-corrected chi connectivity index (χ0v) is 15.9. The maximum atomic E-state index is 12.6. The van der Waals surface area contributed by atoms with Crippen molar-refractivity contribution in [2.75, 3.05) is 17.1 Å². The number of hydrogen-bond donors (Lipinski definition) is 1. The van der Waals surface area contributed by atoms with Crippen molar-refractivity contribution >= 4 is 21.6 Å². The second kappa shape index (κ2) is 9.04. The Labute approximate surface area is 151 Å². The van der Waals surface area contributed by atoms with E-state index >= 15 is 0 Å². The lowest BCUT2D eigenvalue weighted by Crippen LogP contribution is -2.49. The molecule has 1 aliphatic rings. The maximum Gasteiger partial charge on any atom is 0.243 e. The molecule has 0 bridgehead atoms. The largest absolute Gasteiger partial charge is 0.354 e. The number of allylic oxidation sites excluding steroid dienone is 1. The third-order valence-corrected chi connectivity index (χ3v) is 5.65. The molecule has 0 saturated carbocycles. The van der Waals surface area contributed by atoms with E-state index in [-0.39, 0.29) is 5.91 Å². The van der Waals surface area contributed by atoms with E-state index in [0.717, 1.165) is 25.5 Å². The van der Waals surface area contributed by atoms with Gasteiger partial charge in [0.2, 0.25) is 15.9 Å². The molecule has 1 N–H and O–H groups in total. The summed E-state index contributed by atoms with van der Waals surface area (Å²) in [6, 6.07) is 8.05. The molecule has 0 aliphatic heterocycles. The van der Waals surface area contributed by atoms with Gasteiger partial charge in [0.05, 0.1) is 11.9 Å². The number of hydrogen-bond acceptors (Lipinski definition) is 3. The molecular weight excluding hydrogens is 336 g/mol. The number of para-hydroxylation sites is 1. The minimum atomic E-state index is -3.56. The molecule has 138 valence electrons. The number of benzene rings is 1. The first-order chi connectivity index (χ1) is 11.9. The van der Waals surface area contributed by atoms with E-state index in [0.29, 0.717) is 18.7 Å². The molecule has 6 heteroatoms. The molecule has 0 spiro atoms. The molecular formula is C19H28N2O3S. The van der Waals surface area contributed by atoms with Crippen LogP contribution in [0.1, 0.15) is 45.4 Å². The highest BCUT2D eigenvalue weighted by Crippen LogP contribution is 2.22. The van der Waals surface area contributed by atoms with E-state index in [1.54, 1.807) is 24.3 Å². The van der Waals surface area contributed by atoms with E-state index in [1.165, 1.54) is 22.7 Å². The topological polar surface area (TPSA) is 66.5 Å². The van der Waals surface area contributed by atoms with Crippen LogP contribution in [-0.4, -0.2) is 33.2 Å². The lowest BCUT2D eigenvalue weighted by molar-refractivity contribution is -0.122. The Morgan fingerprint density at radius 1 is 1.24 bits per heavy atom. The summed E-state index contributed by atoms with van der Waals surface area (Å²) in [4.78, 5) is 12.6. The Kier molecular flexibility index (Phi) is 7.05. The highest BCUT2D eigenvalue weighted by molar-refractivity contribution is 7.92. The van der Waals surface area contributed by atoms with Crippen molar-refractivity contribution in [3.05, 3.63) is 42.0 Å². The average Bonchev–Trinajstić information content (AvgIpc) is 2.60. The second-order valence-corrected chi connectivity index (χ2v) is 8.33. The van der Waals surface area contributed by atoms with Gasteiger partial charge in [-0.2, -0.15) is 0 Å². The number of anilines is 1. The molecule has 0 heterocycles. The van der Waals surface area contributed by atoms with Crippen LogP contribution in [0.3, 0.4) is 0 Å².